The van der Waals surface area contributed by atoms with Crippen molar-refractivity contribution in [3.8, 4) is 0 Å². The molecule has 4 nitrogen and oxygen atoms in total. The zero-order valence-corrected chi connectivity index (χ0v) is 12.7. The molecule has 0 saturated heterocycles. The summed E-state index contributed by atoms with van der Waals surface area (Å²) in [5.41, 5.74) is 1.68. The largest absolute Gasteiger partial charge is 0.391 e. The van der Waals surface area contributed by atoms with Crippen molar-refractivity contribution < 1.29 is 5.11 Å². The first-order valence-electron chi connectivity index (χ1n) is 5.67. The Bertz CT molecular complexity index is 580. The molecule has 0 amide bonds. The average molecular weight is 343 g/mol. The van der Waals surface area contributed by atoms with E-state index >= 15 is 0 Å². The molecule has 0 radical (unpaired) electrons. The first-order chi connectivity index (χ1) is 9.11. The van der Waals surface area contributed by atoms with Crippen LogP contribution >= 0.6 is 27.5 Å². The zero-order chi connectivity index (χ0) is 13.8. The monoisotopic (exact) mass is 341 g/mol. The maximum absolute atomic E-state index is 9.36. The van der Waals surface area contributed by atoms with E-state index in [1.165, 1.54) is 6.33 Å². The number of anilines is 1. The van der Waals surface area contributed by atoms with Gasteiger partial charge in [-0.3, -0.25) is 0 Å². The van der Waals surface area contributed by atoms with E-state index in [1.807, 2.05) is 36.2 Å². The van der Waals surface area contributed by atoms with Crippen LogP contribution in [0, 0.1) is 0 Å². The first kappa shape index (κ1) is 14.2. The summed E-state index contributed by atoms with van der Waals surface area (Å²) < 4.78 is 1.03. The van der Waals surface area contributed by atoms with Crippen LogP contribution in [0.1, 0.15) is 11.1 Å². The highest BCUT2D eigenvalue weighted by atomic mass is 79.9. The summed E-state index contributed by atoms with van der Waals surface area (Å²) in [5, 5.41) is 9.65. The molecule has 0 fully saturated rings. The van der Waals surface area contributed by atoms with Gasteiger partial charge in [0.1, 0.15) is 17.3 Å². The van der Waals surface area contributed by atoms with Gasteiger partial charge < -0.3 is 10.0 Å². The van der Waals surface area contributed by atoms with Gasteiger partial charge in [-0.05, 0) is 17.7 Å². The van der Waals surface area contributed by atoms with Crippen molar-refractivity contribution in [1.29, 1.82) is 0 Å². The Labute approximate surface area is 125 Å². The van der Waals surface area contributed by atoms with Crippen LogP contribution in [0.25, 0.3) is 0 Å². The quantitative estimate of drug-likeness (QED) is 0.868. The van der Waals surface area contributed by atoms with Crippen molar-refractivity contribution in [3.05, 3.63) is 51.3 Å². The lowest BCUT2D eigenvalue weighted by molar-refractivity contribution is 0.281. The molecule has 1 heterocycles. The second-order valence-electron chi connectivity index (χ2n) is 4.11. The van der Waals surface area contributed by atoms with E-state index in [0.29, 0.717) is 17.9 Å². The molecule has 0 aliphatic carbocycles. The van der Waals surface area contributed by atoms with Crippen molar-refractivity contribution in [2.45, 2.75) is 13.2 Å². The van der Waals surface area contributed by atoms with E-state index in [9.17, 15) is 5.11 Å². The summed E-state index contributed by atoms with van der Waals surface area (Å²) in [5.74, 6) is 0.641. The second-order valence-corrected chi connectivity index (χ2v) is 5.38. The Morgan fingerprint density at radius 1 is 1.37 bits per heavy atom. The molecule has 0 atom stereocenters. The van der Waals surface area contributed by atoms with E-state index < -0.39 is 0 Å². The normalized spacial score (nSPS) is 10.5. The van der Waals surface area contributed by atoms with Gasteiger partial charge in [0.2, 0.25) is 0 Å². The van der Waals surface area contributed by atoms with Gasteiger partial charge in [0.25, 0.3) is 0 Å². The molecular weight excluding hydrogens is 330 g/mol. The lowest BCUT2D eigenvalue weighted by Gasteiger charge is -2.21. The summed E-state index contributed by atoms with van der Waals surface area (Å²) in [6.07, 6.45) is 1.40. The van der Waals surface area contributed by atoms with E-state index in [1.54, 1.807) is 0 Å². The fourth-order valence-corrected chi connectivity index (χ4v) is 2.47. The van der Waals surface area contributed by atoms with Crippen LogP contribution in [0.3, 0.4) is 0 Å². The highest BCUT2D eigenvalue weighted by Gasteiger charge is 2.13. The number of hydrogen-bond acceptors (Lipinski definition) is 4. The van der Waals surface area contributed by atoms with Crippen molar-refractivity contribution >= 4 is 33.3 Å². The molecule has 2 aromatic rings. The Morgan fingerprint density at radius 3 is 2.84 bits per heavy atom. The van der Waals surface area contributed by atoms with Gasteiger partial charge in [-0.15, -0.1) is 0 Å². The van der Waals surface area contributed by atoms with E-state index in [0.717, 1.165) is 10.0 Å². The molecule has 0 bridgehead atoms. The molecule has 6 heteroatoms. The van der Waals surface area contributed by atoms with Gasteiger partial charge in [-0.1, -0.05) is 39.7 Å². The number of halogens is 2. The fraction of sp³-hybridized carbons (Fsp3) is 0.231. The van der Waals surface area contributed by atoms with Crippen LogP contribution < -0.4 is 4.90 Å². The molecule has 0 saturated carbocycles. The van der Waals surface area contributed by atoms with Crippen LogP contribution in [0.4, 0.5) is 5.82 Å². The van der Waals surface area contributed by atoms with Gasteiger partial charge in [0.05, 0.1) is 12.2 Å². The maximum Gasteiger partial charge on any atom is 0.140 e. The number of benzene rings is 1. The SMILES string of the molecule is CN(Cc1cccc(Br)c1)c1ncnc(Cl)c1CO. The lowest BCUT2D eigenvalue weighted by Crippen LogP contribution is -2.20. The van der Waals surface area contributed by atoms with Gasteiger partial charge in [-0.25, -0.2) is 9.97 Å². The van der Waals surface area contributed by atoms with Crippen molar-refractivity contribution in [2.24, 2.45) is 0 Å². The summed E-state index contributed by atoms with van der Waals surface area (Å²) in [4.78, 5) is 9.99. The lowest BCUT2D eigenvalue weighted by atomic mass is 10.2. The zero-order valence-electron chi connectivity index (χ0n) is 10.3. The smallest absolute Gasteiger partial charge is 0.140 e. The molecule has 19 heavy (non-hydrogen) atoms. The molecule has 2 rings (SSSR count). The number of hydrogen-bond donors (Lipinski definition) is 1. The molecule has 100 valence electrons. The molecule has 1 aromatic carbocycles. The number of nitrogens with zero attached hydrogens (tertiary/aromatic N) is 3. The predicted molar refractivity (Wildman–Crippen MR) is 79.2 cm³/mol. The minimum Gasteiger partial charge on any atom is -0.391 e. The van der Waals surface area contributed by atoms with Gasteiger partial charge in [0.15, 0.2) is 0 Å². The minimum absolute atomic E-state index is 0.183. The number of aromatic nitrogens is 2. The molecule has 1 aromatic heterocycles. The third-order valence-corrected chi connectivity index (χ3v) is 3.52. The third-order valence-electron chi connectivity index (χ3n) is 2.70. The van der Waals surface area contributed by atoms with E-state index in [-0.39, 0.29) is 11.8 Å². The van der Waals surface area contributed by atoms with E-state index in [4.69, 9.17) is 11.6 Å². The topological polar surface area (TPSA) is 49.2 Å². The first-order valence-corrected chi connectivity index (χ1v) is 6.84. The predicted octanol–water partition coefficient (Wildman–Crippen LogP) is 3.02. The maximum atomic E-state index is 9.36. The van der Waals surface area contributed by atoms with Gasteiger partial charge in [0, 0.05) is 18.1 Å². The summed E-state index contributed by atoms with van der Waals surface area (Å²) in [7, 11) is 1.90. The highest BCUT2D eigenvalue weighted by Crippen LogP contribution is 2.24. The summed E-state index contributed by atoms with van der Waals surface area (Å²) >= 11 is 9.40. The summed E-state index contributed by atoms with van der Waals surface area (Å²) in [6, 6.07) is 8.03. The van der Waals surface area contributed by atoms with Crippen LogP contribution in [-0.2, 0) is 13.2 Å². The Hall–Kier alpha value is -1.17. The fourth-order valence-electron chi connectivity index (χ4n) is 1.83. The average Bonchev–Trinajstić information content (AvgIpc) is 2.38. The van der Waals surface area contributed by atoms with E-state index in [2.05, 4.69) is 25.9 Å². The van der Waals surface area contributed by atoms with Gasteiger partial charge in [-0.2, -0.15) is 0 Å². The Kier molecular flexibility index (Phi) is 4.74. The molecule has 1 N–H and O–H groups in total. The third kappa shape index (κ3) is 3.43. The van der Waals surface area contributed by atoms with Crippen molar-refractivity contribution in [2.75, 3.05) is 11.9 Å². The summed E-state index contributed by atoms with van der Waals surface area (Å²) in [6.45, 7) is 0.484. The standard InChI is InChI=1S/C13H13BrClN3O/c1-18(6-9-3-2-4-10(14)5-9)13-11(7-19)12(15)16-8-17-13/h2-5,8,19H,6-7H2,1H3. The number of rotatable bonds is 4. The number of aliphatic hydroxyl groups is 1. The Balaban J connectivity index is 2.25. The molecule has 0 unspecified atom stereocenters. The van der Waals surface area contributed by atoms with Crippen LogP contribution in [0.2, 0.25) is 5.15 Å². The van der Waals surface area contributed by atoms with Crippen LogP contribution in [0.15, 0.2) is 35.1 Å². The second kappa shape index (κ2) is 6.32. The highest BCUT2D eigenvalue weighted by molar-refractivity contribution is 9.10. The molecule has 0 aliphatic rings. The molecule has 0 aliphatic heterocycles. The van der Waals surface area contributed by atoms with Crippen molar-refractivity contribution in [1.82, 2.24) is 9.97 Å². The Morgan fingerprint density at radius 2 is 2.16 bits per heavy atom. The molecular formula is C13H13BrClN3O. The minimum atomic E-state index is -0.183. The van der Waals surface area contributed by atoms with Crippen LogP contribution in [0.5, 0.6) is 0 Å². The van der Waals surface area contributed by atoms with Crippen LogP contribution in [-0.4, -0.2) is 22.1 Å². The van der Waals surface area contributed by atoms with Gasteiger partial charge >= 0.3 is 0 Å². The van der Waals surface area contributed by atoms with Crippen molar-refractivity contribution in [3.63, 3.8) is 0 Å². The molecule has 0 spiro atoms. The number of aliphatic hydroxyl groups excluding tert-OH is 1.